The van der Waals surface area contributed by atoms with Crippen molar-refractivity contribution in [3.05, 3.63) is 124 Å². The van der Waals surface area contributed by atoms with Crippen LogP contribution >= 0.6 is 23.1 Å². The number of aryl methyl sites for hydroxylation is 1. The number of aromatic nitrogens is 1. The molecule has 2 aliphatic rings. The van der Waals surface area contributed by atoms with Crippen molar-refractivity contribution < 1.29 is 38.2 Å². The third-order valence-corrected chi connectivity index (χ3v) is 8.60. The van der Waals surface area contributed by atoms with Crippen LogP contribution < -0.4 is 28.1 Å². The minimum Gasteiger partial charge on any atom is -0.457 e. The Kier molecular flexibility index (Phi) is 8.96. The van der Waals surface area contributed by atoms with E-state index in [1.807, 2.05) is 0 Å². The summed E-state index contributed by atoms with van der Waals surface area (Å²) in [5.41, 5.74) is 4.85. The summed E-state index contributed by atoms with van der Waals surface area (Å²) in [6, 6.07) is 27.7. The Morgan fingerprint density at radius 1 is 0.854 bits per heavy atom. The van der Waals surface area contributed by atoms with Crippen LogP contribution in [0.2, 0.25) is 0 Å². The number of thiazole rings is 1. The predicted molar refractivity (Wildman–Crippen MR) is 153 cm³/mol. The maximum Gasteiger partial charge on any atom is 0.266 e. The van der Waals surface area contributed by atoms with Gasteiger partial charge in [-0.05, 0) is 55.3 Å². The maximum atomic E-state index is 8.49. The van der Waals surface area contributed by atoms with E-state index in [2.05, 4.69) is 126 Å². The van der Waals surface area contributed by atoms with E-state index in [1.54, 1.807) is 23.1 Å². The van der Waals surface area contributed by atoms with Crippen molar-refractivity contribution in [2.75, 3.05) is 11.4 Å². The maximum absolute atomic E-state index is 8.49. The number of hydrogen-bond donors (Lipinski definition) is 0. The molecule has 0 N–H and O–H groups in total. The highest BCUT2D eigenvalue weighted by Crippen LogP contribution is 2.46. The number of ether oxygens (including phenoxy) is 1. The van der Waals surface area contributed by atoms with E-state index in [0.29, 0.717) is 0 Å². The van der Waals surface area contributed by atoms with Gasteiger partial charge in [0.2, 0.25) is 5.52 Å². The van der Waals surface area contributed by atoms with Gasteiger partial charge in [-0.15, -0.1) is 10.2 Å². The second-order valence-electron chi connectivity index (χ2n) is 8.99. The molecule has 0 radical (unpaired) electrons. The molecule has 0 saturated carbocycles. The fourth-order valence-electron chi connectivity index (χ4n) is 4.70. The second kappa shape index (κ2) is 12.6. The van der Waals surface area contributed by atoms with E-state index in [9.17, 15) is 0 Å². The summed E-state index contributed by atoms with van der Waals surface area (Å²) in [4.78, 5) is 3.64. The van der Waals surface area contributed by atoms with Crippen molar-refractivity contribution >= 4 is 50.7 Å². The highest BCUT2D eigenvalue weighted by atomic mass is 35.7. The summed E-state index contributed by atoms with van der Waals surface area (Å²) in [6.07, 6.45) is 8.65. The fourth-order valence-corrected chi connectivity index (χ4v) is 7.03. The number of anilines is 1. The van der Waals surface area contributed by atoms with Crippen LogP contribution in [-0.4, -0.2) is 6.54 Å². The largest absolute Gasteiger partial charge is 0.457 e. The van der Waals surface area contributed by atoms with Crippen molar-refractivity contribution in [3.8, 4) is 0 Å². The molecule has 0 unspecified atom stereocenters. The van der Waals surface area contributed by atoms with Gasteiger partial charge >= 0.3 is 0 Å². The molecule has 2 aliphatic heterocycles. The van der Waals surface area contributed by atoms with Gasteiger partial charge < -0.3 is 9.64 Å². The first-order valence-electron chi connectivity index (χ1n) is 12.9. The zero-order valence-electron chi connectivity index (χ0n) is 22.4. The van der Waals surface area contributed by atoms with Crippen LogP contribution in [0.3, 0.4) is 0 Å². The zero-order valence-corrected chi connectivity index (χ0v) is 24.7. The van der Waals surface area contributed by atoms with Crippen LogP contribution in [0.5, 0.6) is 0 Å². The SMILES string of the molecule is CCN1/C(=C/C2=CC(c3ccccc3)=C/C(=C\c3sc4ccccc4[n+]3CC)O2)Sc2ccccc21.[O-][Cl+3]([O-])([O-])[O-]. The molecule has 0 saturated heterocycles. The summed E-state index contributed by atoms with van der Waals surface area (Å²) in [6.45, 7) is 6.20. The monoisotopic (exact) mass is 606 g/mol. The van der Waals surface area contributed by atoms with Crippen LogP contribution in [0, 0.1) is 10.2 Å². The average molecular weight is 607 g/mol. The van der Waals surface area contributed by atoms with Gasteiger partial charge in [0.25, 0.3) is 5.01 Å². The van der Waals surface area contributed by atoms with E-state index < -0.39 is 10.2 Å². The summed E-state index contributed by atoms with van der Waals surface area (Å²) < 4.78 is 44.1. The molecule has 0 fully saturated rings. The lowest BCUT2D eigenvalue weighted by molar-refractivity contribution is -2.00. The Morgan fingerprint density at radius 2 is 1.54 bits per heavy atom. The van der Waals surface area contributed by atoms with Crippen LogP contribution in [0.1, 0.15) is 24.4 Å². The molecule has 0 atom stereocenters. The van der Waals surface area contributed by atoms with Crippen molar-refractivity contribution in [1.82, 2.24) is 0 Å². The third-order valence-electron chi connectivity index (χ3n) is 6.38. The third kappa shape index (κ3) is 7.09. The first kappa shape index (κ1) is 29.1. The van der Waals surface area contributed by atoms with Crippen molar-refractivity contribution in [2.45, 2.75) is 25.3 Å². The Hall–Kier alpha value is -3.41. The Labute approximate surface area is 249 Å². The predicted octanol–water partition coefficient (Wildman–Crippen LogP) is 3.26. The molecule has 0 amide bonds. The highest BCUT2D eigenvalue weighted by Gasteiger charge is 2.25. The molecule has 0 aliphatic carbocycles. The lowest BCUT2D eigenvalue weighted by atomic mass is 10.0. The van der Waals surface area contributed by atoms with Crippen LogP contribution in [0.25, 0.3) is 21.9 Å². The first-order chi connectivity index (χ1) is 19.7. The van der Waals surface area contributed by atoms with E-state index in [1.165, 1.54) is 36.4 Å². The summed E-state index contributed by atoms with van der Waals surface area (Å²) in [5, 5.41) is 2.37. The normalized spacial score (nSPS) is 16.7. The number of para-hydroxylation sites is 2. The smallest absolute Gasteiger partial charge is 0.266 e. The molecular formula is C31H27ClN2O5S2. The molecule has 4 aromatic rings. The molecule has 0 bridgehead atoms. The summed E-state index contributed by atoms with van der Waals surface area (Å²) >= 11 is 3.60. The number of rotatable bonds is 5. The summed E-state index contributed by atoms with van der Waals surface area (Å²) in [5.74, 6) is 1.70. The molecule has 1 aromatic heterocycles. The molecule has 3 aromatic carbocycles. The molecule has 0 spiro atoms. The topological polar surface area (TPSA) is 109 Å². The van der Waals surface area contributed by atoms with Gasteiger partial charge in [-0.3, -0.25) is 0 Å². The Bertz CT molecular complexity index is 1670. The van der Waals surface area contributed by atoms with Gasteiger partial charge in [-0.25, -0.2) is 18.6 Å². The zero-order chi connectivity index (χ0) is 29.0. The highest BCUT2D eigenvalue weighted by molar-refractivity contribution is 8.03. The lowest BCUT2D eigenvalue weighted by Gasteiger charge is -2.20. The van der Waals surface area contributed by atoms with E-state index in [4.69, 9.17) is 23.4 Å². The van der Waals surface area contributed by atoms with Gasteiger partial charge in [0.05, 0.1) is 16.8 Å². The molecular weight excluding hydrogens is 580 g/mol. The quantitative estimate of drug-likeness (QED) is 0.321. The Morgan fingerprint density at radius 3 is 2.27 bits per heavy atom. The van der Waals surface area contributed by atoms with Gasteiger partial charge in [0.1, 0.15) is 22.8 Å². The van der Waals surface area contributed by atoms with E-state index in [0.717, 1.165) is 30.2 Å². The molecule has 210 valence electrons. The minimum absolute atomic E-state index is 0.848. The first-order valence-corrected chi connectivity index (χ1v) is 15.8. The standard InChI is InChI=1S/C31H27N2OS2.ClHO4/c1-3-32-26-14-8-10-16-28(26)35-30(32)20-24-18-23(22-12-6-5-7-13-22)19-25(34-24)21-31-33(4-2)27-15-9-11-17-29(27)36-31;2-1(3,4)5/h5-21H,3-4H2,1-2H3;(H,2,3,4,5)/q+1;/p-1. The molecule has 6 rings (SSSR count). The second-order valence-corrected chi connectivity index (χ2v) is 11.9. The number of nitrogens with zero attached hydrogens (tertiary/aromatic N) is 2. The molecule has 10 heteroatoms. The number of fused-ring (bicyclic) bond motifs is 2. The molecule has 7 nitrogen and oxygen atoms in total. The number of thioether (sulfide) groups is 1. The average Bonchev–Trinajstić information content (AvgIpc) is 3.48. The van der Waals surface area contributed by atoms with E-state index >= 15 is 0 Å². The summed E-state index contributed by atoms with van der Waals surface area (Å²) in [7, 11) is -4.94. The van der Waals surface area contributed by atoms with Crippen LogP contribution in [0.15, 0.2) is 119 Å². The number of allylic oxidation sites excluding steroid dienone is 4. The van der Waals surface area contributed by atoms with E-state index in [-0.39, 0.29) is 0 Å². The van der Waals surface area contributed by atoms with Gasteiger partial charge in [-0.1, -0.05) is 77.7 Å². The van der Waals surface area contributed by atoms with Crippen molar-refractivity contribution in [2.24, 2.45) is 0 Å². The molecule has 3 heterocycles. The van der Waals surface area contributed by atoms with Crippen molar-refractivity contribution in [1.29, 1.82) is 0 Å². The number of hydrogen-bond acceptors (Lipinski definition) is 8. The van der Waals surface area contributed by atoms with Crippen LogP contribution in [0.4, 0.5) is 5.69 Å². The Balaban J connectivity index is 0.000000623. The molecule has 41 heavy (non-hydrogen) atoms. The van der Waals surface area contributed by atoms with Crippen molar-refractivity contribution in [3.63, 3.8) is 0 Å². The van der Waals surface area contributed by atoms with Gasteiger partial charge in [0.15, 0.2) is 0 Å². The number of benzene rings is 3. The van der Waals surface area contributed by atoms with Gasteiger partial charge in [0, 0.05) is 23.6 Å². The fraction of sp³-hybridized carbons (Fsp3) is 0.129. The van der Waals surface area contributed by atoms with Crippen LogP contribution in [-0.2, 0) is 11.3 Å². The minimum atomic E-state index is -4.94. The number of halogens is 1. The lowest BCUT2D eigenvalue weighted by Crippen LogP contribution is -2.68. The van der Waals surface area contributed by atoms with Gasteiger partial charge in [-0.2, -0.15) is 4.57 Å².